The van der Waals surface area contributed by atoms with Crippen LogP contribution < -0.4 is 0 Å². The molecule has 0 N–H and O–H groups in total. The zero-order chi connectivity index (χ0) is 70.2. The van der Waals surface area contributed by atoms with E-state index in [0.717, 1.165) is 0 Å². The molecule has 0 heteroatoms. The van der Waals surface area contributed by atoms with Crippen molar-refractivity contribution in [2.45, 2.75) is 83.1 Å². The molecule has 0 amide bonds. The van der Waals surface area contributed by atoms with Gasteiger partial charge in [0.15, 0.2) is 0 Å². The van der Waals surface area contributed by atoms with Gasteiger partial charge >= 0.3 is 0 Å². The van der Waals surface area contributed by atoms with Crippen LogP contribution in [0.2, 0.25) is 0 Å². The first-order valence-electron chi connectivity index (χ1n) is 36.1. The first kappa shape index (κ1) is 64.9. The van der Waals surface area contributed by atoms with Gasteiger partial charge in [-0.2, -0.15) is 0 Å². The highest BCUT2D eigenvalue weighted by molar-refractivity contribution is 6.26. The van der Waals surface area contributed by atoms with E-state index in [1.807, 2.05) is 0 Å². The van der Waals surface area contributed by atoms with E-state index in [1.165, 1.54) is 228 Å². The van der Waals surface area contributed by atoms with Crippen molar-refractivity contribution < 1.29 is 0 Å². The van der Waals surface area contributed by atoms with Crippen LogP contribution in [0.25, 0.3) is 162 Å². The Labute approximate surface area is 598 Å². The Hall–Kier alpha value is -11.7. The second-order valence-electron chi connectivity index (χ2n) is 29.1. The third-order valence-corrected chi connectivity index (χ3v) is 21.8. The predicted octanol–water partition coefficient (Wildman–Crippen LogP) is 29.4. The van der Waals surface area contributed by atoms with Crippen LogP contribution in [0.15, 0.2) is 291 Å². The van der Waals surface area contributed by atoms with Gasteiger partial charge in [-0.1, -0.05) is 272 Å². The van der Waals surface area contributed by atoms with E-state index in [0.29, 0.717) is 0 Å². The van der Waals surface area contributed by atoms with E-state index < -0.39 is 0 Å². The lowest BCUT2D eigenvalue weighted by Gasteiger charge is -2.14. The smallest absolute Gasteiger partial charge is 0.00239 e. The molecule has 0 radical (unpaired) electrons. The van der Waals surface area contributed by atoms with Crippen molar-refractivity contribution in [2.24, 2.45) is 0 Å². The molecule has 0 fully saturated rings. The van der Waals surface area contributed by atoms with Gasteiger partial charge in [-0.05, 0) is 331 Å². The summed E-state index contributed by atoms with van der Waals surface area (Å²) in [6.45, 7) is 26.1. The van der Waals surface area contributed by atoms with Crippen LogP contribution >= 0.6 is 0 Å². The van der Waals surface area contributed by atoms with Gasteiger partial charge in [0.05, 0.1) is 0 Å². The van der Waals surface area contributed by atoms with Crippen molar-refractivity contribution >= 4 is 162 Å². The van der Waals surface area contributed by atoms with Gasteiger partial charge in [0.25, 0.3) is 0 Å². The molecule has 0 saturated carbocycles. The fraction of sp³-hybridized carbons (Fsp3) is 0.118. The van der Waals surface area contributed by atoms with E-state index in [9.17, 15) is 0 Å². The summed E-state index contributed by atoms with van der Waals surface area (Å²) in [6, 6.07) is 107. The summed E-state index contributed by atoms with van der Waals surface area (Å²) in [6.07, 6.45) is 0. The van der Waals surface area contributed by atoms with Crippen molar-refractivity contribution in [3.8, 4) is 0 Å². The lowest BCUT2D eigenvalue weighted by molar-refractivity contribution is 1.47. The standard InChI is InChI=1S/3C18H14.3C16H14/c1-11-9-13-5-4-8-16-12(2)10-14-6-3-7-15(11)17(14)18(13)16;1-11-7-13-3-5-15-9-12(2)10-16-6-4-14(8-11)17(13)18(15)16;1-11-3-5-13-8-10-16-12(2)4-6-14-7-9-15(11)17(13)18(14)16;1-11-3-5-13-10-16-8-12(2)4-6-14(16)9-15(13)7-11;1-11-6-5-9-15-12(2)14-8-4-3-7-13(14)10-16(11)15;1-11-7-8-12(2)16-10-14-6-4-3-5-13(14)9-15(11)16/h3*3-10H,1-2H3;3*3-10H,1-2H3. The number of hydrogen-bond acceptors (Lipinski definition) is 0. The molecule has 0 aliphatic carbocycles. The lowest BCUT2D eigenvalue weighted by Crippen LogP contribution is -1.88. The molecule has 21 rings (SSSR count). The molecule has 0 atom stereocenters. The largest absolute Gasteiger partial charge is 0.0616 e. The molecule has 21 aromatic carbocycles. The van der Waals surface area contributed by atoms with Crippen LogP contribution in [0, 0.1) is 83.1 Å². The molecule has 0 nitrogen and oxygen atoms in total. The molecule has 102 heavy (non-hydrogen) atoms. The molecule has 0 bridgehead atoms. The summed E-state index contributed by atoms with van der Waals surface area (Å²) in [5.41, 5.74) is 16.2. The number of rotatable bonds is 0. The van der Waals surface area contributed by atoms with Crippen LogP contribution in [0.5, 0.6) is 0 Å². The normalized spacial score (nSPS) is 11.5. The molecule has 21 aromatic rings. The Morgan fingerprint density at radius 3 is 0.882 bits per heavy atom. The van der Waals surface area contributed by atoms with E-state index in [2.05, 4.69) is 374 Å². The highest BCUT2D eigenvalue weighted by Crippen LogP contribution is 2.41. The summed E-state index contributed by atoms with van der Waals surface area (Å²) in [5, 5.41) is 41.0. The minimum atomic E-state index is 1.32. The zero-order valence-electron chi connectivity index (χ0n) is 60.7. The van der Waals surface area contributed by atoms with Crippen molar-refractivity contribution in [3.63, 3.8) is 0 Å². The van der Waals surface area contributed by atoms with E-state index >= 15 is 0 Å². The summed E-state index contributed by atoms with van der Waals surface area (Å²) in [7, 11) is 0. The molecule has 0 heterocycles. The van der Waals surface area contributed by atoms with Gasteiger partial charge in [0.1, 0.15) is 0 Å². The molecule has 492 valence electrons. The predicted molar refractivity (Wildman–Crippen MR) is 452 cm³/mol. The second kappa shape index (κ2) is 26.4. The monoisotopic (exact) mass is 1310 g/mol. The summed E-state index contributed by atoms with van der Waals surface area (Å²) < 4.78 is 0. The molecule has 0 spiro atoms. The lowest BCUT2D eigenvalue weighted by atomic mass is 9.90. The van der Waals surface area contributed by atoms with Crippen molar-refractivity contribution in [2.75, 3.05) is 0 Å². The number of benzene rings is 21. The van der Waals surface area contributed by atoms with Crippen LogP contribution in [0.1, 0.15) is 66.8 Å². The van der Waals surface area contributed by atoms with Gasteiger partial charge in [0, 0.05) is 0 Å². The minimum absolute atomic E-state index is 1.32. The Morgan fingerprint density at radius 1 is 0.127 bits per heavy atom. The molecule has 0 aromatic heterocycles. The van der Waals surface area contributed by atoms with Gasteiger partial charge in [0.2, 0.25) is 0 Å². The SMILES string of the molecule is Cc1cc2ccc3cc(C)cc4ccc(c1)c2c34.Cc1cc2cccc3c(C)cc4cccc1c4c23.Cc1ccc(C)c2cc3ccccc3cc12.Cc1ccc2cc3cc(C)ccc3cc2c1.Cc1ccc2ccc3c(C)ccc4ccc1c2c43.Cc1cccc2c(C)c3ccccc3cc12. The van der Waals surface area contributed by atoms with Gasteiger partial charge in [-0.15, -0.1) is 0 Å². The molecular weight excluding hydrogens is 1230 g/mol. The first-order valence-corrected chi connectivity index (χ1v) is 36.1. The molecule has 0 aliphatic rings. The Kier molecular flexibility index (Phi) is 16.8. The Morgan fingerprint density at radius 2 is 0.412 bits per heavy atom. The fourth-order valence-electron chi connectivity index (χ4n) is 16.5. The van der Waals surface area contributed by atoms with Crippen LogP contribution in [-0.4, -0.2) is 0 Å². The summed E-state index contributed by atoms with van der Waals surface area (Å²) in [4.78, 5) is 0. The first-order chi connectivity index (χ1) is 49.5. The van der Waals surface area contributed by atoms with Crippen molar-refractivity contribution in [1.82, 2.24) is 0 Å². The van der Waals surface area contributed by atoms with Gasteiger partial charge in [-0.3, -0.25) is 0 Å². The maximum Gasteiger partial charge on any atom is -0.00239 e. The second-order valence-corrected chi connectivity index (χ2v) is 29.1. The Bertz CT molecular complexity index is 6360. The topological polar surface area (TPSA) is 0 Å². The van der Waals surface area contributed by atoms with Crippen molar-refractivity contribution in [1.29, 1.82) is 0 Å². The van der Waals surface area contributed by atoms with Gasteiger partial charge in [-0.25, -0.2) is 0 Å². The Balaban J connectivity index is 0.0000000948. The maximum atomic E-state index is 2.31. The van der Waals surface area contributed by atoms with Crippen molar-refractivity contribution in [3.05, 3.63) is 358 Å². The number of hydrogen-bond donors (Lipinski definition) is 0. The summed E-state index contributed by atoms with van der Waals surface area (Å²) >= 11 is 0. The van der Waals surface area contributed by atoms with E-state index in [4.69, 9.17) is 0 Å². The van der Waals surface area contributed by atoms with Crippen LogP contribution in [0.3, 0.4) is 0 Å². The summed E-state index contributed by atoms with van der Waals surface area (Å²) in [5.74, 6) is 0. The quantitative estimate of drug-likeness (QED) is 0.105. The highest BCUT2D eigenvalue weighted by Gasteiger charge is 2.15. The number of fused-ring (bicyclic) bond motifs is 6. The minimum Gasteiger partial charge on any atom is -0.0616 e. The van der Waals surface area contributed by atoms with Gasteiger partial charge < -0.3 is 0 Å². The molecule has 0 saturated heterocycles. The third-order valence-electron chi connectivity index (χ3n) is 21.8. The average molecular weight is 1310 g/mol. The fourth-order valence-corrected chi connectivity index (χ4v) is 16.5. The van der Waals surface area contributed by atoms with Crippen LogP contribution in [-0.2, 0) is 0 Å². The maximum absolute atomic E-state index is 2.31. The molecule has 0 unspecified atom stereocenters. The third kappa shape index (κ3) is 12.0. The number of aryl methyl sites for hydroxylation is 12. The van der Waals surface area contributed by atoms with E-state index in [1.54, 1.807) is 0 Å². The average Bonchev–Trinajstić information content (AvgIpc) is 0.738. The molecule has 0 aliphatic heterocycles. The molecular formula is C102H84. The highest BCUT2D eigenvalue weighted by atomic mass is 14.2. The van der Waals surface area contributed by atoms with Crippen LogP contribution in [0.4, 0.5) is 0 Å². The zero-order valence-corrected chi connectivity index (χ0v) is 60.7. The van der Waals surface area contributed by atoms with E-state index in [-0.39, 0.29) is 0 Å².